The molecule has 2 fully saturated rings. The van der Waals surface area contributed by atoms with Crippen LogP contribution in [0, 0.1) is 0 Å². The van der Waals surface area contributed by atoms with Gasteiger partial charge in [0.05, 0.1) is 26.9 Å². The van der Waals surface area contributed by atoms with Crippen molar-refractivity contribution in [3.05, 3.63) is 18.2 Å². The van der Waals surface area contributed by atoms with E-state index in [0.29, 0.717) is 37.7 Å². The number of aliphatic hydroxyl groups is 1. The van der Waals surface area contributed by atoms with Gasteiger partial charge >= 0.3 is 6.03 Å². The summed E-state index contributed by atoms with van der Waals surface area (Å²) < 4.78 is 10.5. The number of aliphatic hydroxyl groups excluding tert-OH is 1. The number of benzene rings is 1. The van der Waals surface area contributed by atoms with Crippen molar-refractivity contribution in [3.8, 4) is 11.5 Å². The quantitative estimate of drug-likeness (QED) is 0.715. The first-order valence-corrected chi connectivity index (χ1v) is 9.46. The molecule has 0 aliphatic carbocycles. The maximum Gasteiger partial charge on any atom is 0.317 e. The lowest BCUT2D eigenvalue weighted by Crippen LogP contribution is -2.54. The van der Waals surface area contributed by atoms with Crippen molar-refractivity contribution >= 4 is 17.6 Å². The number of carbonyl (C=O) groups is 2. The minimum absolute atomic E-state index is 0.0368. The number of carbonyl (C=O) groups excluding carboxylic acids is 2. The van der Waals surface area contributed by atoms with Gasteiger partial charge in [0.15, 0.2) is 11.5 Å². The monoisotopic (exact) mass is 392 g/mol. The predicted molar refractivity (Wildman–Crippen MR) is 104 cm³/mol. The number of anilines is 1. The second-order valence-electron chi connectivity index (χ2n) is 6.95. The standard InChI is InChI=1S/C19H28N4O5/c1-27-16-4-3-15(12-17(16)28-2)23-13-14(11-18(23)25)20-19(26)22-7-5-21(6-8-22)9-10-24/h3-4,12,14,24H,5-11,13H2,1-2H3,(H,20,26)/t14-/m0/s1. The fourth-order valence-corrected chi connectivity index (χ4v) is 3.63. The van der Waals surface area contributed by atoms with Gasteiger partial charge in [-0.1, -0.05) is 0 Å². The van der Waals surface area contributed by atoms with Crippen molar-refractivity contribution in [2.75, 3.05) is 65.0 Å². The van der Waals surface area contributed by atoms with Crippen LogP contribution < -0.4 is 19.7 Å². The van der Waals surface area contributed by atoms with E-state index in [9.17, 15) is 9.59 Å². The molecule has 154 valence electrons. The van der Waals surface area contributed by atoms with E-state index in [-0.39, 0.29) is 31.0 Å². The fourth-order valence-electron chi connectivity index (χ4n) is 3.63. The molecule has 9 heteroatoms. The number of nitrogens with zero attached hydrogens (tertiary/aromatic N) is 3. The highest BCUT2D eigenvalue weighted by molar-refractivity contribution is 5.97. The molecule has 2 N–H and O–H groups in total. The number of hydrogen-bond acceptors (Lipinski definition) is 6. The summed E-state index contributed by atoms with van der Waals surface area (Å²) in [5.41, 5.74) is 0.719. The molecule has 28 heavy (non-hydrogen) atoms. The number of ether oxygens (including phenoxy) is 2. The molecule has 1 atom stereocenters. The van der Waals surface area contributed by atoms with E-state index < -0.39 is 0 Å². The molecule has 0 saturated carbocycles. The highest BCUT2D eigenvalue weighted by atomic mass is 16.5. The highest BCUT2D eigenvalue weighted by Gasteiger charge is 2.33. The van der Waals surface area contributed by atoms with Gasteiger partial charge in [-0.05, 0) is 12.1 Å². The summed E-state index contributed by atoms with van der Waals surface area (Å²) in [6.45, 7) is 3.91. The Morgan fingerprint density at radius 2 is 1.89 bits per heavy atom. The van der Waals surface area contributed by atoms with Gasteiger partial charge in [0, 0.05) is 57.4 Å². The van der Waals surface area contributed by atoms with Crippen molar-refractivity contribution in [2.45, 2.75) is 12.5 Å². The van der Waals surface area contributed by atoms with Crippen LogP contribution in [0.15, 0.2) is 18.2 Å². The first-order chi connectivity index (χ1) is 13.5. The average molecular weight is 392 g/mol. The lowest BCUT2D eigenvalue weighted by atomic mass is 10.2. The van der Waals surface area contributed by atoms with Gasteiger partial charge < -0.3 is 29.7 Å². The van der Waals surface area contributed by atoms with Crippen LogP contribution in [0.4, 0.5) is 10.5 Å². The summed E-state index contributed by atoms with van der Waals surface area (Å²) >= 11 is 0. The van der Waals surface area contributed by atoms with Gasteiger partial charge in [0.25, 0.3) is 0 Å². The maximum atomic E-state index is 12.5. The zero-order valence-corrected chi connectivity index (χ0v) is 16.4. The molecule has 3 amide bonds. The van der Waals surface area contributed by atoms with Gasteiger partial charge in [0.1, 0.15) is 0 Å². The Hall–Kier alpha value is -2.52. The molecule has 0 radical (unpaired) electrons. The molecule has 9 nitrogen and oxygen atoms in total. The third-order valence-electron chi connectivity index (χ3n) is 5.21. The minimum atomic E-state index is -0.233. The third-order valence-corrected chi connectivity index (χ3v) is 5.21. The van der Waals surface area contributed by atoms with Gasteiger partial charge in [-0.15, -0.1) is 0 Å². The van der Waals surface area contributed by atoms with E-state index in [1.54, 1.807) is 36.2 Å². The van der Waals surface area contributed by atoms with Crippen molar-refractivity contribution in [1.29, 1.82) is 0 Å². The summed E-state index contributed by atoms with van der Waals surface area (Å²) in [6, 6.07) is 4.96. The number of methoxy groups -OCH3 is 2. The highest BCUT2D eigenvalue weighted by Crippen LogP contribution is 2.33. The minimum Gasteiger partial charge on any atom is -0.493 e. The van der Waals surface area contributed by atoms with Crippen molar-refractivity contribution in [2.24, 2.45) is 0 Å². The Kier molecular flexibility index (Phi) is 6.58. The zero-order valence-electron chi connectivity index (χ0n) is 16.4. The molecule has 1 aromatic carbocycles. The smallest absolute Gasteiger partial charge is 0.317 e. The number of rotatable bonds is 6. The van der Waals surface area contributed by atoms with Gasteiger partial charge in [0.2, 0.25) is 5.91 Å². The maximum absolute atomic E-state index is 12.5. The van der Waals surface area contributed by atoms with E-state index >= 15 is 0 Å². The van der Waals surface area contributed by atoms with E-state index in [1.807, 2.05) is 6.07 Å². The third kappa shape index (κ3) is 4.48. The molecule has 0 unspecified atom stereocenters. The van der Waals surface area contributed by atoms with Crippen LogP contribution >= 0.6 is 0 Å². The van der Waals surface area contributed by atoms with Crippen LogP contribution in [0.2, 0.25) is 0 Å². The summed E-state index contributed by atoms with van der Waals surface area (Å²) in [5.74, 6) is 1.12. The molecule has 2 heterocycles. The molecule has 2 saturated heterocycles. The first kappa shape index (κ1) is 20.2. The number of nitrogens with one attached hydrogen (secondary N) is 1. The molecule has 3 rings (SSSR count). The Morgan fingerprint density at radius 1 is 1.18 bits per heavy atom. The summed E-state index contributed by atoms with van der Waals surface area (Å²) in [5, 5.41) is 12.0. The van der Waals surface area contributed by atoms with E-state index in [2.05, 4.69) is 10.2 Å². The number of piperazine rings is 1. The van der Waals surface area contributed by atoms with E-state index in [4.69, 9.17) is 14.6 Å². The Labute approximate surface area is 164 Å². The Bertz CT molecular complexity index is 706. The summed E-state index contributed by atoms with van der Waals surface area (Å²) in [7, 11) is 3.12. The Morgan fingerprint density at radius 3 is 2.54 bits per heavy atom. The molecule has 1 aromatic rings. The number of β-amino-alcohol motifs (C(OH)–C–C–N with tert-alkyl or cyclic N) is 1. The molecule has 0 bridgehead atoms. The lowest BCUT2D eigenvalue weighted by molar-refractivity contribution is -0.117. The van der Waals surface area contributed by atoms with Crippen molar-refractivity contribution < 1.29 is 24.2 Å². The van der Waals surface area contributed by atoms with Crippen LogP contribution in [-0.4, -0.2) is 93.0 Å². The number of amides is 3. The predicted octanol–water partition coefficient (Wildman–Crippen LogP) is 0.129. The number of urea groups is 1. The van der Waals surface area contributed by atoms with Gasteiger partial charge in [-0.25, -0.2) is 4.79 Å². The average Bonchev–Trinajstić information content (AvgIpc) is 3.08. The molecule has 0 aromatic heterocycles. The second kappa shape index (κ2) is 9.11. The molecule has 0 spiro atoms. The van der Waals surface area contributed by atoms with Gasteiger partial charge in [-0.2, -0.15) is 0 Å². The summed E-state index contributed by atoms with van der Waals surface area (Å²) in [6.07, 6.45) is 0.268. The lowest BCUT2D eigenvalue weighted by Gasteiger charge is -2.34. The summed E-state index contributed by atoms with van der Waals surface area (Å²) in [4.78, 5) is 30.6. The molecular formula is C19H28N4O5. The molecular weight excluding hydrogens is 364 g/mol. The van der Waals surface area contributed by atoms with Crippen LogP contribution in [0.3, 0.4) is 0 Å². The van der Waals surface area contributed by atoms with Crippen molar-refractivity contribution in [3.63, 3.8) is 0 Å². The first-order valence-electron chi connectivity index (χ1n) is 9.46. The second-order valence-corrected chi connectivity index (χ2v) is 6.95. The van der Waals surface area contributed by atoms with Crippen LogP contribution in [0.25, 0.3) is 0 Å². The van der Waals surface area contributed by atoms with E-state index in [1.165, 1.54) is 0 Å². The van der Waals surface area contributed by atoms with Gasteiger partial charge in [-0.3, -0.25) is 9.69 Å². The SMILES string of the molecule is COc1ccc(N2C[C@@H](NC(=O)N3CCN(CCO)CC3)CC2=O)cc1OC. The largest absolute Gasteiger partial charge is 0.493 e. The topological polar surface area (TPSA) is 94.6 Å². The normalized spacial score (nSPS) is 20.4. The fraction of sp³-hybridized carbons (Fsp3) is 0.579. The zero-order chi connectivity index (χ0) is 20.1. The van der Waals surface area contributed by atoms with Crippen LogP contribution in [0.5, 0.6) is 11.5 Å². The number of hydrogen-bond donors (Lipinski definition) is 2. The molecule has 2 aliphatic rings. The molecule has 2 aliphatic heterocycles. The van der Waals surface area contributed by atoms with E-state index in [0.717, 1.165) is 18.8 Å². The van der Waals surface area contributed by atoms with Crippen molar-refractivity contribution in [1.82, 2.24) is 15.1 Å². The van der Waals surface area contributed by atoms with Crippen LogP contribution in [0.1, 0.15) is 6.42 Å². The van der Waals surface area contributed by atoms with Crippen LogP contribution in [-0.2, 0) is 4.79 Å². The Balaban J connectivity index is 1.57.